The van der Waals surface area contributed by atoms with Gasteiger partial charge in [0.2, 0.25) is 5.91 Å². The standard InChI is InChI=1S/C21H25BrN2OS/c22-19-10-8-17(9-11-19)15-26-16-21(25)23-12-4-14-24-13-3-6-18-5-1-2-7-20(18)24/h1-2,5,7-11H,3-4,6,12-16H2,(H,23,25). The number of amides is 1. The van der Waals surface area contributed by atoms with Crippen molar-refractivity contribution in [2.75, 3.05) is 30.3 Å². The lowest BCUT2D eigenvalue weighted by Gasteiger charge is -2.31. The fourth-order valence-electron chi connectivity index (χ4n) is 3.23. The molecule has 1 amide bonds. The number of nitrogens with zero attached hydrogens (tertiary/aromatic N) is 1. The van der Waals surface area contributed by atoms with Crippen molar-refractivity contribution in [3.63, 3.8) is 0 Å². The molecule has 26 heavy (non-hydrogen) atoms. The van der Waals surface area contributed by atoms with E-state index in [0.29, 0.717) is 5.75 Å². The quantitative estimate of drug-likeness (QED) is 0.616. The molecule has 0 fully saturated rings. The average molecular weight is 433 g/mol. The Labute approximate surface area is 168 Å². The summed E-state index contributed by atoms with van der Waals surface area (Å²) in [5.74, 6) is 1.51. The first-order valence-electron chi connectivity index (χ1n) is 9.14. The Hall–Kier alpha value is -1.46. The molecule has 0 atom stereocenters. The van der Waals surface area contributed by atoms with Crippen molar-refractivity contribution in [1.29, 1.82) is 0 Å². The molecular weight excluding hydrogens is 408 g/mol. The molecule has 0 unspecified atom stereocenters. The number of hydrogen-bond acceptors (Lipinski definition) is 3. The maximum Gasteiger partial charge on any atom is 0.230 e. The summed E-state index contributed by atoms with van der Waals surface area (Å²) in [6.45, 7) is 2.87. The number of carbonyl (C=O) groups is 1. The van der Waals surface area contributed by atoms with Crippen LogP contribution in [-0.4, -0.2) is 31.3 Å². The summed E-state index contributed by atoms with van der Waals surface area (Å²) in [6, 6.07) is 16.9. The van der Waals surface area contributed by atoms with Crippen LogP contribution in [0.2, 0.25) is 0 Å². The second kappa shape index (κ2) is 10.0. The highest BCUT2D eigenvalue weighted by Gasteiger charge is 2.15. The van der Waals surface area contributed by atoms with Gasteiger partial charge in [-0.2, -0.15) is 0 Å². The van der Waals surface area contributed by atoms with Crippen LogP contribution in [0.5, 0.6) is 0 Å². The fraction of sp³-hybridized carbons (Fsp3) is 0.381. The van der Waals surface area contributed by atoms with Gasteiger partial charge in [0.15, 0.2) is 0 Å². The van der Waals surface area contributed by atoms with Gasteiger partial charge in [0, 0.05) is 35.5 Å². The first kappa shape index (κ1) is 19.3. The molecular formula is C21H25BrN2OS. The summed E-state index contributed by atoms with van der Waals surface area (Å²) in [7, 11) is 0. The molecule has 0 aliphatic carbocycles. The van der Waals surface area contributed by atoms with Crippen molar-refractivity contribution in [2.45, 2.75) is 25.0 Å². The first-order valence-corrected chi connectivity index (χ1v) is 11.1. The predicted octanol–water partition coefficient (Wildman–Crippen LogP) is 4.64. The van der Waals surface area contributed by atoms with Gasteiger partial charge >= 0.3 is 0 Å². The number of carbonyl (C=O) groups excluding carboxylic acids is 1. The van der Waals surface area contributed by atoms with Gasteiger partial charge in [-0.05, 0) is 48.6 Å². The second-order valence-electron chi connectivity index (χ2n) is 6.54. The molecule has 3 nitrogen and oxygen atoms in total. The normalized spacial score (nSPS) is 13.3. The number of halogens is 1. The summed E-state index contributed by atoms with van der Waals surface area (Å²) in [4.78, 5) is 14.4. The molecule has 0 saturated carbocycles. The molecule has 0 saturated heterocycles. The number of thioether (sulfide) groups is 1. The van der Waals surface area contributed by atoms with Gasteiger partial charge in [-0.1, -0.05) is 46.3 Å². The molecule has 0 aromatic heterocycles. The highest BCUT2D eigenvalue weighted by Crippen LogP contribution is 2.26. The van der Waals surface area contributed by atoms with Crippen LogP contribution in [0.15, 0.2) is 53.0 Å². The van der Waals surface area contributed by atoms with Gasteiger partial charge in [0.05, 0.1) is 5.75 Å². The molecule has 1 heterocycles. The molecule has 3 rings (SSSR count). The van der Waals surface area contributed by atoms with Crippen LogP contribution >= 0.6 is 27.7 Å². The van der Waals surface area contributed by atoms with E-state index in [1.165, 1.54) is 29.7 Å². The molecule has 1 aliphatic rings. The van der Waals surface area contributed by atoms with E-state index >= 15 is 0 Å². The van der Waals surface area contributed by atoms with Crippen LogP contribution < -0.4 is 10.2 Å². The Kier molecular flexibility index (Phi) is 7.44. The third-order valence-corrected chi connectivity index (χ3v) is 6.08. The monoisotopic (exact) mass is 432 g/mol. The minimum atomic E-state index is 0.131. The van der Waals surface area contributed by atoms with Gasteiger partial charge in [-0.15, -0.1) is 11.8 Å². The Morgan fingerprint density at radius 1 is 1.15 bits per heavy atom. The van der Waals surface area contributed by atoms with E-state index in [1.54, 1.807) is 11.8 Å². The van der Waals surface area contributed by atoms with Gasteiger partial charge in [0.25, 0.3) is 0 Å². The van der Waals surface area contributed by atoms with Crippen molar-refractivity contribution >= 4 is 39.3 Å². The molecule has 0 radical (unpaired) electrons. The van der Waals surface area contributed by atoms with E-state index in [2.05, 4.69) is 62.5 Å². The molecule has 1 aliphatic heterocycles. The number of aryl methyl sites for hydroxylation is 1. The number of fused-ring (bicyclic) bond motifs is 1. The number of nitrogens with one attached hydrogen (secondary N) is 1. The van der Waals surface area contributed by atoms with Gasteiger partial charge in [-0.25, -0.2) is 0 Å². The van der Waals surface area contributed by atoms with E-state index in [0.717, 1.165) is 36.3 Å². The Morgan fingerprint density at radius 2 is 1.96 bits per heavy atom. The van der Waals surface area contributed by atoms with Crippen LogP contribution in [-0.2, 0) is 17.0 Å². The van der Waals surface area contributed by atoms with Crippen molar-refractivity contribution in [2.24, 2.45) is 0 Å². The van der Waals surface area contributed by atoms with E-state index in [-0.39, 0.29) is 5.91 Å². The van der Waals surface area contributed by atoms with Crippen LogP contribution in [0, 0.1) is 0 Å². The third-order valence-electron chi connectivity index (χ3n) is 4.55. The lowest BCUT2D eigenvalue weighted by Crippen LogP contribution is -2.33. The number of para-hydroxylation sites is 1. The highest BCUT2D eigenvalue weighted by atomic mass is 79.9. The Morgan fingerprint density at radius 3 is 2.81 bits per heavy atom. The maximum atomic E-state index is 12.0. The third kappa shape index (κ3) is 5.78. The van der Waals surface area contributed by atoms with Gasteiger partial charge in [0.1, 0.15) is 0 Å². The van der Waals surface area contributed by atoms with E-state index < -0.39 is 0 Å². The smallest absolute Gasteiger partial charge is 0.230 e. The van der Waals surface area contributed by atoms with Gasteiger partial charge in [-0.3, -0.25) is 4.79 Å². The minimum Gasteiger partial charge on any atom is -0.371 e. The summed E-state index contributed by atoms with van der Waals surface area (Å²) in [5.41, 5.74) is 4.07. The molecule has 0 bridgehead atoms. The average Bonchev–Trinajstić information content (AvgIpc) is 2.67. The van der Waals surface area contributed by atoms with Crippen molar-refractivity contribution in [3.05, 3.63) is 64.1 Å². The largest absolute Gasteiger partial charge is 0.371 e. The number of rotatable bonds is 8. The second-order valence-corrected chi connectivity index (χ2v) is 8.44. The summed E-state index contributed by atoms with van der Waals surface area (Å²) in [6.07, 6.45) is 3.38. The lowest BCUT2D eigenvalue weighted by molar-refractivity contribution is -0.118. The Balaban J connectivity index is 1.31. The van der Waals surface area contributed by atoms with E-state index in [1.807, 2.05) is 12.1 Å². The van der Waals surface area contributed by atoms with Crippen molar-refractivity contribution < 1.29 is 4.79 Å². The SMILES string of the molecule is O=C(CSCc1ccc(Br)cc1)NCCCN1CCCc2ccccc21. The van der Waals surface area contributed by atoms with Crippen LogP contribution in [0.4, 0.5) is 5.69 Å². The first-order chi connectivity index (χ1) is 12.7. The van der Waals surface area contributed by atoms with E-state index in [4.69, 9.17) is 0 Å². The minimum absolute atomic E-state index is 0.131. The zero-order valence-corrected chi connectivity index (χ0v) is 17.3. The molecule has 1 N–H and O–H groups in total. The predicted molar refractivity (Wildman–Crippen MR) is 115 cm³/mol. The zero-order valence-electron chi connectivity index (χ0n) is 14.9. The molecule has 138 valence electrons. The zero-order chi connectivity index (χ0) is 18.2. The highest BCUT2D eigenvalue weighted by molar-refractivity contribution is 9.10. The topological polar surface area (TPSA) is 32.3 Å². The summed E-state index contributed by atoms with van der Waals surface area (Å²) < 4.78 is 1.08. The maximum absolute atomic E-state index is 12.0. The summed E-state index contributed by atoms with van der Waals surface area (Å²) >= 11 is 5.09. The van der Waals surface area contributed by atoms with Crippen molar-refractivity contribution in [3.8, 4) is 0 Å². The van der Waals surface area contributed by atoms with Crippen LogP contribution in [0.3, 0.4) is 0 Å². The fourth-order valence-corrected chi connectivity index (χ4v) is 4.32. The lowest BCUT2D eigenvalue weighted by atomic mass is 10.0. The molecule has 5 heteroatoms. The molecule has 2 aromatic carbocycles. The Bertz CT molecular complexity index is 720. The number of anilines is 1. The summed E-state index contributed by atoms with van der Waals surface area (Å²) in [5, 5.41) is 3.05. The van der Waals surface area contributed by atoms with Crippen molar-refractivity contribution in [1.82, 2.24) is 5.32 Å². The van der Waals surface area contributed by atoms with E-state index in [9.17, 15) is 4.79 Å². The molecule has 0 spiro atoms. The van der Waals surface area contributed by atoms with Crippen LogP contribution in [0.1, 0.15) is 24.0 Å². The van der Waals surface area contributed by atoms with Crippen LogP contribution in [0.25, 0.3) is 0 Å². The van der Waals surface area contributed by atoms with Gasteiger partial charge < -0.3 is 10.2 Å². The number of benzene rings is 2. The number of hydrogen-bond donors (Lipinski definition) is 1. The molecule has 2 aromatic rings.